The van der Waals surface area contributed by atoms with Crippen LogP contribution >= 0.6 is 0 Å². The van der Waals surface area contributed by atoms with Crippen LogP contribution in [-0.2, 0) is 10.0 Å². The van der Waals surface area contributed by atoms with Crippen molar-refractivity contribution in [1.29, 1.82) is 0 Å². The number of benzene rings is 2. The summed E-state index contributed by atoms with van der Waals surface area (Å²) in [6, 6.07) is 11.8. The standard InChI is InChI=1S/C21H26N2O4S/c1-15-8-11-17(12-9-15)22-21(24)16-10-13-19(27-2)20(14-16)28(25,26)23-18-6-4-3-5-7-18/h8-14,18,23H,3-7H2,1-2H3,(H,22,24). The van der Waals surface area contributed by atoms with Crippen LogP contribution in [0.3, 0.4) is 0 Å². The highest BCUT2D eigenvalue weighted by Crippen LogP contribution is 2.27. The first-order valence-electron chi connectivity index (χ1n) is 9.47. The number of carbonyl (C=O) groups is 1. The summed E-state index contributed by atoms with van der Waals surface area (Å²) >= 11 is 0. The molecule has 0 saturated heterocycles. The van der Waals surface area contributed by atoms with E-state index in [-0.39, 0.29) is 28.2 Å². The number of hydrogen-bond acceptors (Lipinski definition) is 4. The van der Waals surface area contributed by atoms with Gasteiger partial charge in [-0.05, 0) is 50.1 Å². The molecule has 0 heterocycles. The van der Waals surface area contributed by atoms with Crippen molar-refractivity contribution in [1.82, 2.24) is 4.72 Å². The largest absolute Gasteiger partial charge is 0.495 e. The molecule has 1 fully saturated rings. The fourth-order valence-corrected chi connectivity index (χ4v) is 4.87. The molecule has 2 N–H and O–H groups in total. The lowest BCUT2D eigenvalue weighted by Crippen LogP contribution is -2.36. The molecular formula is C21H26N2O4S. The van der Waals surface area contributed by atoms with Gasteiger partial charge in [0.1, 0.15) is 10.6 Å². The number of hydrogen-bond donors (Lipinski definition) is 2. The molecule has 0 atom stereocenters. The lowest BCUT2D eigenvalue weighted by atomic mass is 9.96. The number of anilines is 1. The highest BCUT2D eigenvalue weighted by atomic mass is 32.2. The van der Waals surface area contributed by atoms with E-state index in [1.807, 2.05) is 19.1 Å². The number of nitrogens with one attached hydrogen (secondary N) is 2. The predicted molar refractivity (Wildman–Crippen MR) is 109 cm³/mol. The Morgan fingerprint density at radius 2 is 1.71 bits per heavy atom. The maximum Gasteiger partial charge on any atom is 0.255 e. The van der Waals surface area contributed by atoms with Crippen LogP contribution in [0.2, 0.25) is 0 Å². The van der Waals surface area contributed by atoms with Crippen molar-refractivity contribution < 1.29 is 17.9 Å². The van der Waals surface area contributed by atoms with E-state index in [0.717, 1.165) is 37.7 Å². The Morgan fingerprint density at radius 3 is 2.36 bits per heavy atom. The molecule has 0 bridgehead atoms. The van der Waals surface area contributed by atoms with Gasteiger partial charge >= 0.3 is 0 Å². The molecule has 2 aromatic rings. The van der Waals surface area contributed by atoms with Crippen molar-refractivity contribution in [3.63, 3.8) is 0 Å². The minimum absolute atomic E-state index is 0.0165. The zero-order valence-electron chi connectivity index (χ0n) is 16.2. The zero-order chi connectivity index (χ0) is 20.1. The van der Waals surface area contributed by atoms with Crippen LogP contribution in [0, 0.1) is 6.92 Å². The van der Waals surface area contributed by atoms with Gasteiger partial charge in [0, 0.05) is 17.3 Å². The Bertz CT molecular complexity index is 933. The summed E-state index contributed by atoms with van der Waals surface area (Å²) in [6.45, 7) is 1.96. The topological polar surface area (TPSA) is 84.5 Å². The molecule has 0 unspecified atom stereocenters. The lowest BCUT2D eigenvalue weighted by Gasteiger charge is -2.23. The Hall–Kier alpha value is -2.38. The van der Waals surface area contributed by atoms with E-state index >= 15 is 0 Å². The molecule has 6 nitrogen and oxygen atoms in total. The minimum Gasteiger partial charge on any atom is -0.495 e. The molecule has 0 aliphatic heterocycles. The van der Waals surface area contributed by atoms with Crippen molar-refractivity contribution in [2.45, 2.75) is 50.0 Å². The molecule has 1 saturated carbocycles. The average Bonchev–Trinajstić information content (AvgIpc) is 2.69. The highest BCUT2D eigenvalue weighted by molar-refractivity contribution is 7.89. The number of methoxy groups -OCH3 is 1. The van der Waals surface area contributed by atoms with E-state index in [0.29, 0.717) is 5.69 Å². The second-order valence-corrected chi connectivity index (χ2v) is 8.82. The molecule has 3 rings (SSSR count). The van der Waals surface area contributed by atoms with Gasteiger partial charge in [-0.2, -0.15) is 0 Å². The molecule has 1 aliphatic rings. The summed E-state index contributed by atoms with van der Waals surface area (Å²) in [6.07, 6.45) is 4.83. The van der Waals surface area contributed by atoms with Crippen molar-refractivity contribution in [2.24, 2.45) is 0 Å². The quantitative estimate of drug-likeness (QED) is 0.768. The van der Waals surface area contributed by atoms with Crippen molar-refractivity contribution in [3.8, 4) is 5.75 Å². The van der Waals surface area contributed by atoms with Gasteiger partial charge in [0.05, 0.1) is 7.11 Å². The van der Waals surface area contributed by atoms with Crippen molar-refractivity contribution in [2.75, 3.05) is 12.4 Å². The Morgan fingerprint density at radius 1 is 1.04 bits per heavy atom. The number of amides is 1. The molecule has 0 aromatic heterocycles. The third-order valence-electron chi connectivity index (χ3n) is 4.95. The molecule has 1 aliphatic carbocycles. The summed E-state index contributed by atoms with van der Waals surface area (Å²) in [5.41, 5.74) is 1.99. The average molecular weight is 403 g/mol. The molecule has 28 heavy (non-hydrogen) atoms. The minimum atomic E-state index is -3.79. The van der Waals surface area contributed by atoms with Crippen molar-refractivity contribution >= 4 is 21.6 Å². The molecule has 0 spiro atoms. The van der Waals surface area contributed by atoms with E-state index in [4.69, 9.17) is 4.74 Å². The number of carbonyl (C=O) groups excluding carboxylic acids is 1. The van der Waals surface area contributed by atoms with E-state index in [1.54, 1.807) is 18.2 Å². The molecule has 0 radical (unpaired) electrons. The fraction of sp³-hybridized carbons (Fsp3) is 0.381. The number of aryl methyl sites for hydroxylation is 1. The molecule has 1 amide bonds. The van der Waals surface area contributed by atoms with E-state index < -0.39 is 10.0 Å². The first-order valence-corrected chi connectivity index (χ1v) is 11.0. The van der Waals surface area contributed by atoms with Gasteiger partial charge in [-0.3, -0.25) is 4.79 Å². The van der Waals surface area contributed by atoms with Crippen molar-refractivity contribution in [3.05, 3.63) is 53.6 Å². The summed E-state index contributed by atoms with van der Waals surface area (Å²) in [7, 11) is -2.37. The van der Waals surface area contributed by atoms with Crippen LogP contribution < -0.4 is 14.8 Å². The van der Waals surface area contributed by atoms with Crippen LogP contribution in [0.25, 0.3) is 0 Å². The third kappa shape index (κ3) is 4.91. The van der Waals surface area contributed by atoms with Gasteiger partial charge in [0.15, 0.2) is 0 Å². The van der Waals surface area contributed by atoms with Gasteiger partial charge < -0.3 is 10.1 Å². The predicted octanol–water partition coefficient (Wildman–Crippen LogP) is 3.87. The molecule has 7 heteroatoms. The van der Waals surface area contributed by atoms with Gasteiger partial charge in [-0.15, -0.1) is 0 Å². The summed E-state index contributed by atoms with van der Waals surface area (Å²) < 4.78 is 33.9. The monoisotopic (exact) mass is 402 g/mol. The molecule has 150 valence electrons. The summed E-state index contributed by atoms with van der Waals surface area (Å²) in [5.74, 6) is -0.157. The van der Waals surface area contributed by atoms with Gasteiger partial charge in [0.2, 0.25) is 10.0 Å². The van der Waals surface area contributed by atoms with Gasteiger partial charge in [-0.25, -0.2) is 13.1 Å². The van der Waals surface area contributed by atoms with Gasteiger partial charge in [-0.1, -0.05) is 37.0 Å². The highest BCUT2D eigenvalue weighted by Gasteiger charge is 2.26. The van der Waals surface area contributed by atoms with E-state index in [1.165, 1.54) is 19.2 Å². The second-order valence-electron chi connectivity index (χ2n) is 7.14. The van der Waals surface area contributed by atoms with Crippen LogP contribution in [0.4, 0.5) is 5.69 Å². The second kappa shape index (κ2) is 8.75. The number of sulfonamides is 1. The first kappa shape index (κ1) is 20.4. The van der Waals surface area contributed by atoms with Crippen LogP contribution in [0.15, 0.2) is 47.4 Å². The smallest absolute Gasteiger partial charge is 0.255 e. The van der Waals surface area contributed by atoms with E-state index in [9.17, 15) is 13.2 Å². The summed E-state index contributed by atoms with van der Waals surface area (Å²) in [5, 5.41) is 2.79. The van der Waals surface area contributed by atoms with Crippen LogP contribution in [-0.4, -0.2) is 27.5 Å². The lowest BCUT2D eigenvalue weighted by molar-refractivity contribution is 0.102. The Balaban J connectivity index is 1.84. The molecular weight excluding hydrogens is 376 g/mol. The Labute approximate surface area is 166 Å². The number of ether oxygens (including phenoxy) is 1. The molecule has 2 aromatic carbocycles. The van der Waals surface area contributed by atoms with E-state index in [2.05, 4.69) is 10.0 Å². The van der Waals surface area contributed by atoms with Crippen LogP contribution in [0.5, 0.6) is 5.75 Å². The fourth-order valence-electron chi connectivity index (χ4n) is 3.37. The maximum absolute atomic E-state index is 12.9. The first-order chi connectivity index (χ1) is 13.4. The SMILES string of the molecule is COc1ccc(C(=O)Nc2ccc(C)cc2)cc1S(=O)(=O)NC1CCCCC1. The number of rotatable bonds is 6. The zero-order valence-corrected chi connectivity index (χ0v) is 17.0. The third-order valence-corrected chi connectivity index (χ3v) is 6.49. The maximum atomic E-state index is 12.9. The van der Waals surface area contributed by atoms with Crippen LogP contribution in [0.1, 0.15) is 48.0 Å². The summed E-state index contributed by atoms with van der Waals surface area (Å²) in [4.78, 5) is 12.6. The van der Waals surface area contributed by atoms with Gasteiger partial charge in [0.25, 0.3) is 5.91 Å². The normalized spacial score (nSPS) is 15.2. The Kier molecular flexibility index (Phi) is 6.36.